The van der Waals surface area contributed by atoms with Gasteiger partial charge in [-0.05, 0) is 43.5 Å². The zero-order valence-electron chi connectivity index (χ0n) is 10.7. The molecule has 0 bridgehead atoms. The van der Waals surface area contributed by atoms with Gasteiger partial charge in [-0.2, -0.15) is 0 Å². The van der Waals surface area contributed by atoms with E-state index in [1.54, 1.807) is 0 Å². The second-order valence-electron chi connectivity index (χ2n) is 4.81. The van der Waals surface area contributed by atoms with Crippen LogP contribution in [0, 0.1) is 13.8 Å². The summed E-state index contributed by atoms with van der Waals surface area (Å²) in [5.74, 6) is -0.00840. The Morgan fingerprint density at radius 2 is 2.11 bits per heavy atom. The Balaban J connectivity index is 1.99. The highest BCUT2D eigenvalue weighted by Crippen LogP contribution is 2.11. The number of rotatable bonds is 2. The van der Waals surface area contributed by atoms with Crippen molar-refractivity contribution in [1.82, 2.24) is 10.6 Å². The molecule has 2 rings (SSSR count). The van der Waals surface area contributed by atoms with Crippen LogP contribution in [-0.2, 0) is 4.79 Å². The van der Waals surface area contributed by atoms with Gasteiger partial charge in [0.1, 0.15) is 0 Å². The highest BCUT2D eigenvalue weighted by molar-refractivity contribution is 5.94. The number of benzene rings is 1. The van der Waals surface area contributed by atoms with Crippen molar-refractivity contribution in [3.8, 4) is 0 Å². The van der Waals surface area contributed by atoms with Gasteiger partial charge in [0.25, 0.3) is 5.91 Å². The average Bonchev–Trinajstić information content (AvgIpc) is 2.35. The van der Waals surface area contributed by atoms with Gasteiger partial charge in [-0.15, -0.1) is 0 Å². The van der Waals surface area contributed by atoms with Crippen molar-refractivity contribution in [3.05, 3.63) is 34.9 Å². The fourth-order valence-electron chi connectivity index (χ4n) is 2.01. The van der Waals surface area contributed by atoms with Gasteiger partial charge in [0.2, 0.25) is 5.91 Å². The van der Waals surface area contributed by atoms with E-state index in [9.17, 15) is 9.59 Å². The maximum Gasteiger partial charge on any atom is 0.251 e. The molecule has 0 saturated carbocycles. The third-order valence-electron chi connectivity index (χ3n) is 3.37. The first-order chi connectivity index (χ1) is 8.56. The summed E-state index contributed by atoms with van der Waals surface area (Å²) in [5, 5.41) is 5.70. The van der Waals surface area contributed by atoms with Crippen molar-refractivity contribution in [2.24, 2.45) is 0 Å². The zero-order valence-corrected chi connectivity index (χ0v) is 10.7. The van der Waals surface area contributed by atoms with Crippen LogP contribution < -0.4 is 10.6 Å². The number of nitrogens with one attached hydrogen (secondary N) is 2. The van der Waals surface area contributed by atoms with Crippen LogP contribution in [0.25, 0.3) is 0 Å². The third-order valence-corrected chi connectivity index (χ3v) is 3.37. The molecule has 4 heteroatoms. The minimum absolute atomic E-state index is 0.0387. The lowest BCUT2D eigenvalue weighted by Gasteiger charge is -2.23. The number of piperidine rings is 1. The Labute approximate surface area is 107 Å². The van der Waals surface area contributed by atoms with E-state index in [4.69, 9.17) is 0 Å². The van der Waals surface area contributed by atoms with Crippen LogP contribution in [-0.4, -0.2) is 24.4 Å². The normalized spacial score (nSPS) is 19.2. The molecule has 0 radical (unpaired) electrons. The van der Waals surface area contributed by atoms with Gasteiger partial charge in [0.15, 0.2) is 0 Å². The van der Waals surface area contributed by atoms with E-state index in [1.165, 1.54) is 5.56 Å². The summed E-state index contributed by atoms with van der Waals surface area (Å²) in [6.45, 7) is 4.54. The molecule has 1 aliphatic rings. The number of hydrogen-bond acceptors (Lipinski definition) is 2. The molecule has 2 amide bonds. The summed E-state index contributed by atoms with van der Waals surface area (Å²) in [5.41, 5.74) is 2.96. The monoisotopic (exact) mass is 246 g/mol. The molecular formula is C14H18N2O2. The summed E-state index contributed by atoms with van der Waals surface area (Å²) in [4.78, 5) is 23.1. The maximum atomic E-state index is 12.0. The smallest absolute Gasteiger partial charge is 0.251 e. The van der Waals surface area contributed by atoms with E-state index < -0.39 is 0 Å². The predicted octanol–water partition coefficient (Wildman–Crippen LogP) is 1.31. The molecule has 1 aromatic carbocycles. The molecule has 0 aromatic heterocycles. The molecule has 1 heterocycles. The van der Waals surface area contributed by atoms with Gasteiger partial charge < -0.3 is 10.6 Å². The van der Waals surface area contributed by atoms with Gasteiger partial charge >= 0.3 is 0 Å². The molecule has 0 spiro atoms. The van der Waals surface area contributed by atoms with Crippen LogP contribution in [0.5, 0.6) is 0 Å². The second-order valence-corrected chi connectivity index (χ2v) is 4.81. The van der Waals surface area contributed by atoms with E-state index in [0.717, 1.165) is 5.56 Å². The van der Waals surface area contributed by atoms with Crippen LogP contribution in [0.1, 0.15) is 34.3 Å². The molecule has 18 heavy (non-hydrogen) atoms. The Morgan fingerprint density at radius 1 is 1.33 bits per heavy atom. The Bertz CT molecular complexity index is 473. The molecule has 96 valence electrons. The lowest BCUT2D eigenvalue weighted by Crippen LogP contribution is -2.47. The van der Waals surface area contributed by atoms with Crippen molar-refractivity contribution in [3.63, 3.8) is 0 Å². The average molecular weight is 246 g/mol. The molecule has 1 aromatic rings. The van der Waals surface area contributed by atoms with Crippen molar-refractivity contribution in [2.75, 3.05) is 6.54 Å². The van der Waals surface area contributed by atoms with Crippen molar-refractivity contribution in [2.45, 2.75) is 32.7 Å². The highest BCUT2D eigenvalue weighted by atomic mass is 16.2. The SMILES string of the molecule is Cc1ccc(C(=O)NC2CCC(=O)NC2)cc1C. The lowest BCUT2D eigenvalue weighted by atomic mass is 10.0. The summed E-state index contributed by atoms with van der Waals surface area (Å²) < 4.78 is 0. The van der Waals surface area contributed by atoms with Gasteiger partial charge in [-0.1, -0.05) is 6.07 Å². The zero-order chi connectivity index (χ0) is 13.1. The first-order valence-corrected chi connectivity index (χ1v) is 6.21. The number of hydrogen-bond donors (Lipinski definition) is 2. The van der Waals surface area contributed by atoms with Crippen molar-refractivity contribution in [1.29, 1.82) is 0 Å². The van der Waals surface area contributed by atoms with Crippen LogP contribution in [0.3, 0.4) is 0 Å². The third kappa shape index (κ3) is 2.88. The topological polar surface area (TPSA) is 58.2 Å². The summed E-state index contributed by atoms with van der Waals surface area (Å²) in [7, 11) is 0. The number of amides is 2. The molecule has 4 nitrogen and oxygen atoms in total. The van der Waals surface area contributed by atoms with Gasteiger partial charge in [-0.3, -0.25) is 9.59 Å². The predicted molar refractivity (Wildman–Crippen MR) is 69.4 cm³/mol. The Kier molecular flexibility index (Phi) is 3.65. The molecule has 2 N–H and O–H groups in total. The summed E-state index contributed by atoms with van der Waals surface area (Å²) in [6.07, 6.45) is 1.19. The molecule has 1 saturated heterocycles. The van der Waals surface area contributed by atoms with Gasteiger partial charge in [-0.25, -0.2) is 0 Å². The fraction of sp³-hybridized carbons (Fsp3) is 0.429. The van der Waals surface area contributed by atoms with Crippen LogP contribution in [0.4, 0.5) is 0 Å². The second kappa shape index (κ2) is 5.21. The molecule has 1 atom stereocenters. The Hall–Kier alpha value is -1.84. The Morgan fingerprint density at radius 3 is 2.72 bits per heavy atom. The molecular weight excluding hydrogens is 228 g/mol. The largest absolute Gasteiger partial charge is 0.354 e. The van der Waals surface area contributed by atoms with Crippen molar-refractivity contribution < 1.29 is 9.59 Å². The van der Waals surface area contributed by atoms with E-state index in [2.05, 4.69) is 10.6 Å². The van der Waals surface area contributed by atoms with Gasteiger partial charge in [0.05, 0.1) is 0 Å². The maximum absolute atomic E-state index is 12.0. The first kappa shape index (κ1) is 12.6. The number of aryl methyl sites for hydroxylation is 2. The van der Waals surface area contributed by atoms with E-state index in [0.29, 0.717) is 24.9 Å². The minimum Gasteiger partial charge on any atom is -0.354 e. The molecule has 1 unspecified atom stereocenters. The van der Waals surface area contributed by atoms with Crippen LogP contribution in [0.15, 0.2) is 18.2 Å². The van der Waals surface area contributed by atoms with E-state index >= 15 is 0 Å². The molecule has 1 fully saturated rings. The minimum atomic E-state index is -0.0701. The quantitative estimate of drug-likeness (QED) is 0.826. The van der Waals surface area contributed by atoms with Crippen molar-refractivity contribution >= 4 is 11.8 Å². The molecule has 1 aliphatic heterocycles. The fourth-order valence-corrected chi connectivity index (χ4v) is 2.01. The number of carbonyl (C=O) groups is 2. The number of carbonyl (C=O) groups excluding carboxylic acids is 2. The molecule has 0 aliphatic carbocycles. The lowest BCUT2D eigenvalue weighted by molar-refractivity contribution is -0.122. The summed E-state index contributed by atoms with van der Waals surface area (Å²) in [6, 6.07) is 5.72. The first-order valence-electron chi connectivity index (χ1n) is 6.21. The van der Waals surface area contributed by atoms with E-state index in [-0.39, 0.29) is 17.9 Å². The highest BCUT2D eigenvalue weighted by Gasteiger charge is 2.20. The van der Waals surface area contributed by atoms with E-state index in [1.807, 2.05) is 32.0 Å². The standard InChI is InChI=1S/C14H18N2O2/c1-9-3-4-11(7-10(9)2)14(18)16-12-5-6-13(17)15-8-12/h3-4,7,12H,5-6,8H2,1-2H3,(H,15,17)(H,16,18). The van der Waals surface area contributed by atoms with Gasteiger partial charge in [0, 0.05) is 24.6 Å². The summed E-state index contributed by atoms with van der Waals surface area (Å²) >= 11 is 0. The van der Waals surface area contributed by atoms with Crippen LogP contribution in [0.2, 0.25) is 0 Å². The van der Waals surface area contributed by atoms with Crippen LogP contribution >= 0.6 is 0 Å².